The van der Waals surface area contributed by atoms with Crippen molar-refractivity contribution in [1.29, 1.82) is 0 Å². The third-order valence-corrected chi connectivity index (χ3v) is 3.08. The van der Waals surface area contributed by atoms with Gasteiger partial charge in [-0.3, -0.25) is 0 Å². The fourth-order valence-corrected chi connectivity index (χ4v) is 1.90. The van der Waals surface area contributed by atoms with Crippen LogP contribution < -0.4 is 0 Å². The Morgan fingerprint density at radius 2 is 1.93 bits per heavy atom. The van der Waals surface area contributed by atoms with Crippen LogP contribution in [0.1, 0.15) is 5.56 Å². The van der Waals surface area contributed by atoms with Gasteiger partial charge in [0.05, 0.1) is 0 Å². The van der Waals surface area contributed by atoms with Crippen molar-refractivity contribution in [3.8, 4) is 11.1 Å². The molecule has 0 N–H and O–H groups in total. The van der Waals surface area contributed by atoms with Crippen LogP contribution in [0.4, 0.5) is 0 Å². The van der Waals surface area contributed by atoms with Gasteiger partial charge in [-0.2, -0.15) is 0 Å². The fourth-order valence-electron chi connectivity index (χ4n) is 1.38. The first-order valence-electron chi connectivity index (χ1n) is 4.57. The van der Waals surface area contributed by atoms with Crippen molar-refractivity contribution >= 4 is 27.5 Å². The zero-order chi connectivity index (χ0) is 10.7. The van der Waals surface area contributed by atoms with Gasteiger partial charge in [0.25, 0.3) is 0 Å². The molecular formula is C12H9BrClN. The summed E-state index contributed by atoms with van der Waals surface area (Å²) in [5.41, 5.74) is 3.20. The number of pyridine rings is 1. The maximum absolute atomic E-state index is 6.06. The summed E-state index contributed by atoms with van der Waals surface area (Å²) >= 11 is 9.47. The molecule has 0 aliphatic heterocycles. The summed E-state index contributed by atoms with van der Waals surface area (Å²) in [5, 5.41) is 1.34. The third-order valence-electron chi connectivity index (χ3n) is 2.13. The molecule has 1 heterocycles. The summed E-state index contributed by atoms with van der Waals surface area (Å²) in [6.07, 6.45) is 1.78. The van der Waals surface area contributed by atoms with E-state index in [-0.39, 0.29) is 0 Å². The lowest BCUT2D eigenvalue weighted by atomic mass is 10.1. The predicted molar refractivity (Wildman–Crippen MR) is 67.3 cm³/mol. The van der Waals surface area contributed by atoms with E-state index in [0.717, 1.165) is 22.0 Å². The van der Waals surface area contributed by atoms with Gasteiger partial charge in [0.1, 0.15) is 5.15 Å². The van der Waals surface area contributed by atoms with Crippen molar-refractivity contribution in [3.05, 3.63) is 53.3 Å². The highest BCUT2D eigenvalue weighted by atomic mass is 79.9. The molecular weight excluding hydrogens is 273 g/mol. The number of rotatable bonds is 2. The smallest absolute Gasteiger partial charge is 0.136 e. The molecule has 1 nitrogen and oxygen atoms in total. The minimum Gasteiger partial charge on any atom is -0.244 e. The second-order valence-electron chi connectivity index (χ2n) is 3.18. The highest BCUT2D eigenvalue weighted by Crippen LogP contribution is 2.27. The Kier molecular flexibility index (Phi) is 3.39. The van der Waals surface area contributed by atoms with Crippen LogP contribution in [-0.4, -0.2) is 4.98 Å². The first kappa shape index (κ1) is 10.7. The van der Waals surface area contributed by atoms with E-state index in [0.29, 0.717) is 5.15 Å². The summed E-state index contributed by atoms with van der Waals surface area (Å²) in [7, 11) is 0. The molecule has 0 saturated heterocycles. The van der Waals surface area contributed by atoms with Crippen molar-refractivity contribution in [2.45, 2.75) is 5.33 Å². The normalized spacial score (nSPS) is 10.3. The Morgan fingerprint density at radius 3 is 2.60 bits per heavy atom. The average Bonchev–Trinajstić information content (AvgIpc) is 2.31. The van der Waals surface area contributed by atoms with Gasteiger partial charge in [-0.25, -0.2) is 4.98 Å². The van der Waals surface area contributed by atoms with Gasteiger partial charge in [0.15, 0.2) is 0 Å². The Morgan fingerprint density at radius 1 is 1.20 bits per heavy atom. The molecule has 15 heavy (non-hydrogen) atoms. The second-order valence-corrected chi connectivity index (χ2v) is 4.10. The Labute approximate surface area is 102 Å². The number of hydrogen-bond donors (Lipinski definition) is 0. The molecule has 0 bridgehead atoms. The molecule has 1 aromatic heterocycles. The van der Waals surface area contributed by atoms with E-state index in [4.69, 9.17) is 11.6 Å². The summed E-state index contributed by atoms with van der Waals surface area (Å²) in [5.74, 6) is 0. The summed E-state index contributed by atoms with van der Waals surface area (Å²) in [6.45, 7) is 0. The van der Waals surface area contributed by atoms with Gasteiger partial charge in [0, 0.05) is 17.1 Å². The molecule has 0 aliphatic rings. The molecule has 76 valence electrons. The van der Waals surface area contributed by atoms with Crippen molar-refractivity contribution < 1.29 is 0 Å². The van der Waals surface area contributed by atoms with E-state index in [2.05, 4.69) is 27.0 Å². The summed E-state index contributed by atoms with van der Waals surface area (Å²) < 4.78 is 0. The lowest BCUT2D eigenvalue weighted by molar-refractivity contribution is 1.26. The van der Waals surface area contributed by atoms with Gasteiger partial charge >= 0.3 is 0 Å². The summed E-state index contributed by atoms with van der Waals surface area (Å²) in [4.78, 5) is 4.16. The number of aromatic nitrogens is 1. The van der Waals surface area contributed by atoms with Crippen LogP contribution in [0.5, 0.6) is 0 Å². The number of nitrogens with zero attached hydrogens (tertiary/aromatic N) is 1. The maximum atomic E-state index is 6.06. The standard InChI is InChI=1S/C12H9BrClN/c13-7-9-6-11(12(14)15-8-9)10-4-2-1-3-5-10/h1-6,8H,7H2. The Bertz CT molecular complexity index is 456. The van der Waals surface area contributed by atoms with Crippen molar-refractivity contribution in [2.75, 3.05) is 0 Å². The lowest BCUT2D eigenvalue weighted by Crippen LogP contribution is -1.86. The topological polar surface area (TPSA) is 12.9 Å². The quantitative estimate of drug-likeness (QED) is 0.591. The molecule has 0 unspecified atom stereocenters. The molecule has 0 atom stereocenters. The first-order chi connectivity index (χ1) is 7.31. The van der Waals surface area contributed by atoms with E-state index in [1.807, 2.05) is 30.3 Å². The molecule has 1 aromatic carbocycles. The monoisotopic (exact) mass is 281 g/mol. The van der Waals surface area contributed by atoms with Crippen molar-refractivity contribution in [1.82, 2.24) is 4.98 Å². The molecule has 2 aromatic rings. The fraction of sp³-hybridized carbons (Fsp3) is 0.0833. The Balaban J connectivity index is 2.52. The van der Waals surface area contributed by atoms with Gasteiger partial charge < -0.3 is 0 Å². The van der Waals surface area contributed by atoms with E-state index >= 15 is 0 Å². The molecule has 0 spiro atoms. The zero-order valence-corrected chi connectivity index (χ0v) is 10.3. The van der Waals surface area contributed by atoms with E-state index in [9.17, 15) is 0 Å². The second kappa shape index (κ2) is 4.77. The van der Waals surface area contributed by atoms with Gasteiger partial charge in [0.2, 0.25) is 0 Å². The largest absolute Gasteiger partial charge is 0.244 e. The van der Waals surface area contributed by atoms with E-state index < -0.39 is 0 Å². The van der Waals surface area contributed by atoms with E-state index in [1.54, 1.807) is 6.20 Å². The molecule has 0 radical (unpaired) electrons. The predicted octanol–water partition coefficient (Wildman–Crippen LogP) is 4.30. The zero-order valence-electron chi connectivity index (χ0n) is 7.95. The number of benzene rings is 1. The first-order valence-corrected chi connectivity index (χ1v) is 6.07. The number of alkyl halides is 1. The highest BCUT2D eigenvalue weighted by molar-refractivity contribution is 9.08. The average molecular weight is 283 g/mol. The van der Waals surface area contributed by atoms with Crippen LogP contribution in [-0.2, 0) is 5.33 Å². The maximum Gasteiger partial charge on any atom is 0.136 e. The molecule has 0 aliphatic carbocycles. The third kappa shape index (κ3) is 2.39. The number of hydrogen-bond acceptors (Lipinski definition) is 1. The van der Waals surface area contributed by atoms with Crippen molar-refractivity contribution in [3.63, 3.8) is 0 Å². The highest BCUT2D eigenvalue weighted by Gasteiger charge is 2.04. The Hall–Kier alpha value is -0.860. The SMILES string of the molecule is Clc1ncc(CBr)cc1-c1ccccc1. The molecule has 3 heteroatoms. The van der Waals surface area contributed by atoms with Gasteiger partial charge in [-0.05, 0) is 17.2 Å². The minimum atomic E-state index is 0.547. The van der Waals surface area contributed by atoms with Crippen LogP contribution in [0.15, 0.2) is 42.6 Å². The van der Waals surface area contributed by atoms with Crippen molar-refractivity contribution in [2.24, 2.45) is 0 Å². The molecule has 2 rings (SSSR count). The number of halogens is 2. The van der Waals surface area contributed by atoms with Crippen LogP contribution >= 0.6 is 27.5 Å². The van der Waals surface area contributed by atoms with Crippen LogP contribution in [0.25, 0.3) is 11.1 Å². The lowest BCUT2D eigenvalue weighted by Gasteiger charge is -2.05. The van der Waals surface area contributed by atoms with E-state index in [1.165, 1.54) is 0 Å². The van der Waals surface area contributed by atoms with Crippen LogP contribution in [0.3, 0.4) is 0 Å². The molecule has 0 saturated carbocycles. The molecule has 0 fully saturated rings. The summed E-state index contributed by atoms with van der Waals surface area (Å²) in [6, 6.07) is 12.1. The van der Waals surface area contributed by atoms with Gasteiger partial charge in [-0.15, -0.1) is 0 Å². The minimum absolute atomic E-state index is 0.547. The van der Waals surface area contributed by atoms with Gasteiger partial charge in [-0.1, -0.05) is 57.9 Å². The van der Waals surface area contributed by atoms with Crippen LogP contribution in [0.2, 0.25) is 5.15 Å². The molecule has 0 amide bonds. The van der Waals surface area contributed by atoms with Crippen LogP contribution in [0, 0.1) is 0 Å².